The monoisotopic (exact) mass is 270 g/mol. The van der Waals surface area contributed by atoms with Crippen molar-refractivity contribution in [3.63, 3.8) is 0 Å². The van der Waals surface area contributed by atoms with Gasteiger partial charge in [-0.15, -0.1) is 0 Å². The maximum atomic E-state index is 11.1. The van der Waals surface area contributed by atoms with E-state index in [1.54, 1.807) is 0 Å². The minimum atomic E-state index is -0.456. The second-order valence-electron chi connectivity index (χ2n) is 6.46. The fourth-order valence-corrected chi connectivity index (χ4v) is 3.56. The zero-order valence-electron chi connectivity index (χ0n) is 12.2. The summed E-state index contributed by atoms with van der Waals surface area (Å²) in [6.45, 7) is 9.21. The van der Waals surface area contributed by atoms with Gasteiger partial charge in [-0.05, 0) is 13.3 Å². The fourth-order valence-electron chi connectivity index (χ4n) is 3.56. The van der Waals surface area contributed by atoms with Gasteiger partial charge in [0.05, 0.1) is 0 Å². The van der Waals surface area contributed by atoms with E-state index in [0.29, 0.717) is 12.8 Å². The van der Waals surface area contributed by atoms with Crippen LogP contribution in [0, 0.1) is 5.41 Å². The van der Waals surface area contributed by atoms with Gasteiger partial charge in [0.25, 0.3) is 0 Å². The Morgan fingerprint density at radius 2 is 1.79 bits per heavy atom. The van der Waals surface area contributed by atoms with E-state index < -0.39 is 5.60 Å². The molecule has 0 unspecified atom stereocenters. The molecule has 0 spiro atoms. The molecule has 0 amide bonds. The Morgan fingerprint density at radius 1 is 1.16 bits per heavy atom. The summed E-state index contributed by atoms with van der Waals surface area (Å²) in [6, 6.07) is 0. The maximum Gasteiger partial charge on any atom is 0.302 e. The van der Waals surface area contributed by atoms with Gasteiger partial charge in [-0.2, -0.15) is 0 Å². The normalized spacial score (nSPS) is 39.1. The molecule has 2 fully saturated rings. The summed E-state index contributed by atoms with van der Waals surface area (Å²) in [5.41, 5.74) is -1.05. The van der Waals surface area contributed by atoms with Crippen LogP contribution in [0.5, 0.6) is 0 Å². The molecule has 0 aromatic carbocycles. The number of rotatable bonds is 3. The Labute approximate surface area is 113 Å². The molecule has 2 aliphatic rings. The highest BCUT2D eigenvalue weighted by Gasteiger charge is 2.77. The molecule has 1 heterocycles. The third kappa shape index (κ3) is 2.24. The van der Waals surface area contributed by atoms with Crippen molar-refractivity contribution in [1.29, 1.82) is 0 Å². The van der Waals surface area contributed by atoms with Crippen LogP contribution in [0.3, 0.4) is 0 Å². The van der Waals surface area contributed by atoms with Gasteiger partial charge in [-0.3, -0.25) is 9.59 Å². The van der Waals surface area contributed by atoms with Gasteiger partial charge in [-0.25, -0.2) is 0 Å². The molecule has 0 aromatic heterocycles. The summed E-state index contributed by atoms with van der Waals surface area (Å²) in [4.78, 5) is 22.1. The van der Waals surface area contributed by atoms with Crippen LogP contribution in [-0.4, -0.2) is 35.9 Å². The lowest BCUT2D eigenvalue weighted by Gasteiger charge is -2.41. The first-order valence-corrected chi connectivity index (χ1v) is 6.63. The first-order valence-electron chi connectivity index (χ1n) is 6.63. The van der Waals surface area contributed by atoms with Crippen LogP contribution in [0.1, 0.15) is 47.5 Å². The third-order valence-electron chi connectivity index (χ3n) is 4.47. The van der Waals surface area contributed by atoms with Crippen molar-refractivity contribution in [1.82, 2.24) is 0 Å². The van der Waals surface area contributed by atoms with E-state index in [0.717, 1.165) is 0 Å². The van der Waals surface area contributed by atoms with Crippen LogP contribution in [0.25, 0.3) is 0 Å². The quantitative estimate of drug-likeness (QED) is 0.578. The van der Waals surface area contributed by atoms with Gasteiger partial charge in [0.2, 0.25) is 0 Å². The molecule has 1 saturated carbocycles. The van der Waals surface area contributed by atoms with Crippen LogP contribution in [-0.2, 0) is 23.8 Å². The summed E-state index contributed by atoms with van der Waals surface area (Å²) in [5.74, 6) is -0.567. The standard InChI is InChI=1S/C14H22O5/c1-9(15)17-8-14-12(3,4)6-11(18-10(2)16)7-13(14,5)19-14/h11H,6-8H2,1-5H3/t11-,13-,14+/m0/s1. The number of carbonyl (C=O) groups excluding carboxylic acids is 2. The minimum Gasteiger partial charge on any atom is -0.463 e. The van der Waals surface area contributed by atoms with Crippen LogP contribution in [0.2, 0.25) is 0 Å². The van der Waals surface area contributed by atoms with Crippen molar-refractivity contribution in [2.45, 2.75) is 64.8 Å². The first-order chi connectivity index (χ1) is 8.62. The van der Waals surface area contributed by atoms with Gasteiger partial charge >= 0.3 is 11.9 Å². The molecule has 1 saturated heterocycles. The van der Waals surface area contributed by atoms with Gasteiger partial charge < -0.3 is 14.2 Å². The predicted molar refractivity (Wildman–Crippen MR) is 67.4 cm³/mol. The van der Waals surface area contributed by atoms with Gasteiger partial charge in [0.15, 0.2) is 0 Å². The topological polar surface area (TPSA) is 65.1 Å². The van der Waals surface area contributed by atoms with E-state index in [2.05, 4.69) is 13.8 Å². The largest absolute Gasteiger partial charge is 0.463 e. The molecule has 1 aliphatic heterocycles. The smallest absolute Gasteiger partial charge is 0.302 e. The number of ether oxygens (including phenoxy) is 3. The summed E-state index contributed by atoms with van der Waals surface area (Å²) in [6.07, 6.45) is 1.23. The molecule has 0 radical (unpaired) electrons. The number of esters is 2. The highest BCUT2D eigenvalue weighted by Crippen LogP contribution is 2.65. The van der Waals surface area contributed by atoms with Gasteiger partial charge in [0, 0.05) is 25.7 Å². The van der Waals surface area contributed by atoms with Crippen molar-refractivity contribution in [3.8, 4) is 0 Å². The highest BCUT2D eigenvalue weighted by atomic mass is 16.7. The van der Waals surface area contributed by atoms with Crippen LogP contribution >= 0.6 is 0 Å². The lowest BCUT2D eigenvalue weighted by atomic mass is 9.63. The summed E-state index contributed by atoms with van der Waals surface area (Å²) in [5, 5.41) is 0. The molecule has 0 N–H and O–H groups in total. The van der Waals surface area contributed by atoms with Crippen molar-refractivity contribution >= 4 is 11.9 Å². The number of epoxide rings is 1. The van der Waals surface area contributed by atoms with Gasteiger partial charge in [-0.1, -0.05) is 13.8 Å². The fraction of sp³-hybridized carbons (Fsp3) is 0.857. The lowest BCUT2D eigenvalue weighted by Crippen LogP contribution is -2.50. The van der Waals surface area contributed by atoms with Crippen molar-refractivity contribution in [2.75, 3.05) is 6.61 Å². The van der Waals surface area contributed by atoms with Crippen LogP contribution < -0.4 is 0 Å². The molecule has 5 heteroatoms. The van der Waals surface area contributed by atoms with E-state index in [9.17, 15) is 9.59 Å². The van der Waals surface area contributed by atoms with E-state index in [4.69, 9.17) is 14.2 Å². The SMILES string of the molecule is CC(=O)OC[C@]12O[C@@]1(C)C[C@@H](OC(C)=O)CC2(C)C. The molecular weight excluding hydrogens is 248 g/mol. The molecule has 1 aliphatic carbocycles. The average molecular weight is 270 g/mol. The molecule has 108 valence electrons. The summed E-state index contributed by atoms with van der Waals surface area (Å²) in [7, 11) is 0. The Balaban J connectivity index is 2.13. The predicted octanol–water partition coefficient (Wildman–Crippen LogP) is 1.83. The maximum absolute atomic E-state index is 11.1. The Hall–Kier alpha value is -1.10. The number of fused-ring (bicyclic) bond motifs is 1. The van der Waals surface area contributed by atoms with Crippen molar-refractivity contribution in [2.24, 2.45) is 5.41 Å². The van der Waals surface area contributed by atoms with Gasteiger partial charge in [0.1, 0.15) is 23.9 Å². The summed E-state index contributed by atoms with van der Waals surface area (Å²) < 4.78 is 16.5. The van der Waals surface area contributed by atoms with Crippen molar-refractivity contribution < 1.29 is 23.8 Å². The van der Waals surface area contributed by atoms with E-state index >= 15 is 0 Å². The van der Waals surface area contributed by atoms with Crippen LogP contribution in [0.4, 0.5) is 0 Å². The Kier molecular flexibility index (Phi) is 3.16. The first kappa shape index (κ1) is 14.3. The molecular formula is C14H22O5. The van der Waals surface area contributed by atoms with Crippen molar-refractivity contribution in [3.05, 3.63) is 0 Å². The second kappa shape index (κ2) is 4.20. The zero-order valence-corrected chi connectivity index (χ0v) is 12.2. The molecule has 0 aromatic rings. The Bertz CT molecular complexity index is 416. The highest BCUT2D eigenvalue weighted by molar-refractivity contribution is 5.66. The lowest BCUT2D eigenvalue weighted by molar-refractivity contribution is -0.151. The van der Waals surface area contributed by atoms with Crippen LogP contribution in [0.15, 0.2) is 0 Å². The number of hydrogen-bond acceptors (Lipinski definition) is 5. The minimum absolute atomic E-state index is 0.134. The molecule has 5 nitrogen and oxygen atoms in total. The van der Waals surface area contributed by atoms with E-state index in [1.807, 2.05) is 6.92 Å². The molecule has 3 atom stereocenters. The van der Waals surface area contributed by atoms with E-state index in [-0.39, 0.29) is 35.7 Å². The third-order valence-corrected chi connectivity index (χ3v) is 4.47. The second-order valence-corrected chi connectivity index (χ2v) is 6.46. The zero-order chi connectivity index (χ0) is 14.5. The number of carbonyl (C=O) groups is 2. The summed E-state index contributed by atoms with van der Waals surface area (Å²) >= 11 is 0. The van der Waals surface area contributed by atoms with E-state index in [1.165, 1.54) is 13.8 Å². The number of hydrogen-bond donors (Lipinski definition) is 0. The molecule has 0 bridgehead atoms. The average Bonchev–Trinajstić information content (AvgIpc) is 2.80. The molecule has 19 heavy (non-hydrogen) atoms. The molecule has 2 rings (SSSR count). The Morgan fingerprint density at radius 3 is 2.26 bits per heavy atom.